The van der Waals surface area contributed by atoms with Gasteiger partial charge in [-0.05, 0) is 81.6 Å². The number of allylic oxidation sites excluding steroid dienone is 1. The normalized spacial score (nSPS) is 15.7. The molecule has 10 nitrogen and oxygen atoms in total. The number of nitrogens with zero attached hydrogens (tertiary/aromatic N) is 8. The summed E-state index contributed by atoms with van der Waals surface area (Å²) >= 11 is 0. The van der Waals surface area contributed by atoms with E-state index in [4.69, 9.17) is 4.98 Å². The van der Waals surface area contributed by atoms with E-state index in [2.05, 4.69) is 62.2 Å². The highest BCUT2D eigenvalue weighted by Gasteiger charge is 2.22. The maximum Gasteiger partial charge on any atom is 0.278 e. The molecule has 3 aromatic heterocycles. The number of rotatable bonds is 12. The maximum absolute atomic E-state index is 13.4. The minimum atomic E-state index is -0.283. The third-order valence-corrected chi connectivity index (χ3v) is 8.52. The van der Waals surface area contributed by atoms with Crippen LogP contribution in [0.4, 0.5) is 21.7 Å². The van der Waals surface area contributed by atoms with Gasteiger partial charge in [-0.1, -0.05) is 6.08 Å². The monoisotopic (exact) mass is 597 g/mol. The average Bonchev–Trinajstić information content (AvgIpc) is 3.58. The zero-order valence-electron chi connectivity index (χ0n) is 25.5. The Hall–Kier alpha value is -4.51. The first kappa shape index (κ1) is 29.6. The summed E-state index contributed by atoms with van der Waals surface area (Å²) in [6.07, 6.45) is 7.41. The van der Waals surface area contributed by atoms with Gasteiger partial charge in [-0.25, -0.2) is 23.7 Å². The van der Waals surface area contributed by atoms with Crippen LogP contribution in [0.3, 0.4) is 0 Å². The van der Waals surface area contributed by atoms with Crippen molar-refractivity contribution >= 4 is 39.4 Å². The number of alkyl halides is 1. The largest absolute Gasteiger partial charge is 0.371 e. The van der Waals surface area contributed by atoms with E-state index >= 15 is 0 Å². The van der Waals surface area contributed by atoms with Gasteiger partial charge >= 0.3 is 0 Å². The number of halogens is 1. The van der Waals surface area contributed by atoms with Crippen molar-refractivity contribution in [1.29, 1.82) is 0 Å². The van der Waals surface area contributed by atoms with E-state index in [0.717, 1.165) is 67.2 Å². The lowest BCUT2D eigenvalue weighted by atomic mass is 9.97. The summed E-state index contributed by atoms with van der Waals surface area (Å²) in [6, 6.07) is 14.2. The van der Waals surface area contributed by atoms with E-state index in [0.29, 0.717) is 36.0 Å². The van der Waals surface area contributed by atoms with Gasteiger partial charge < -0.3 is 19.7 Å². The smallest absolute Gasteiger partial charge is 0.278 e. The highest BCUT2D eigenvalue weighted by molar-refractivity contribution is 5.81. The number of benzene rings is 2. The average molecular weight is 598 g/mol. The molecule has 0 saturated carbocycles. The van der Waals surface area contributed by atoms with E-state index in [1.807, 2.05) is 41.3 Å². The van der Waals surface area contributed by atoms with Crippen molar-refractivity contribution in [3.8, 4) is 5.69 Å². The fourth-order valence-corrected chi connectivity index (χ4v) is 6.30. The van der Waals surface area contributed by atoms with Crippen LogP contribution in [0.1, 0.15) is 26.7 Å². The van der Waals surface area contributed by atoms with Crippen LogP contribution in [0.25, 0.3) is 27.8 Å². The summed E-state index contributed by atoms with van der Waals surface area (Å²) in [5, 5.41) is 3.76. The summed E-state index contributed by atoms with van der Waals surface area (Å²) in [4.78, 5) is 31.8. The highest BCUT2D eigenvalue weighted by atomic mass is 19.1. The van der Waals surface area contributed by atoms with Crippen LogP contribution in [-0.2, 0) is 13.1 Å². The molecule has 0 aliphatic carbocycles. The fraction of sp³-hybridized carbons (Fsp3) is 0.394. The third-order valence-electron chi connectivity index (χ3n) is 8.52. The first-order valence-corrected chi connectivity index (χ1v) is 15.5. The Balaban J connectivity index is 1.26. The molecule has 230 valence electrons. The molecule has 11 heteroatoms. The first-order valence-electron chi connectivity index (χ1n) is 15.5. The Kier molecular flexibility index (Phi) is 8.74. The van der Waals surface area contributed by atoms with Crippen LogP contribution < -0.4 is 15.8 Å². The summed E-state index contributed by atoms with van der Waals surface area (Å²) < 4.78 is 18.4. The molecule has 1 aliphatic heterocycles. The topological polar surface area (TPSA) is 89.0 Å². The molecular formula is C33H40FN9O. The zero-order chi connectivity index (χ0) is 30.6. The second kappa shape index (κ2) is 13.0. The van der Waals surface area contributed by atoms with Crippen LogP contribution in [-0.4, -0.2) is 73.2 Å². The van der Waals surface area contributed by atoms with Crippen molar-refractivity contribution in [2.24, 2.45) is 5.92 Å². The number of imidazole rings is 1. The number of hydrogen-bond acceptors (Lipinski definition) is 7. The summed E-state index contributed by atoms with van der Waals surface area (Å²) in [5.74, 6) is 0.930. The summed E-state index contributed by atoms with van der Waals surface area (Å²) in [5.41, 5.74) is 5.02. The Morgan fingerprint density at radius 3 is 2.75 bits per heavy atom. The van der Waals surface area contributed by atoms with Gasteiger partial charge in [-0.2, -0.15) is 4.98 Å². The number of nitrogens with one attached hydrogen (secondary N) is 1. The molecule has 1 fully saturated rings. The molecule has 1 saturated heterocycles. The number of likely N-dealkylation sites (tertiary alicyclic amines) is 1. The first-order chi connectivity index (χ1) is 21.5. The number of aryl methyl sites for hydroxylation is 1. The second-order valence-electron chi connectivity index (χ2n) is 11.3. The molecule has 1 unspecified atom stereocenters. The van der Waals surface area contributed by atoms with E-state index in [-0.39, 0.29) is 12.2 Å². The van der Waals surface area contributed by atoms with Gasteiger partial charge in [0, 0.05) is 50.3 Å². The van der Waals surface area contributed by atoms with Crippen molar-refractivity contribution in [2.75, 3.05) is 49.6 Å². The number of aromatic nitrogens is 6. The molecule has 0 bridgehead atoms. The van der Waals surface area contributed by atoms with Crippen molar-refractivity contribution in [2.45, 2.75) is 39.8 Å². The fourth-order valence-electron chi connectivity index (χ4n) is 6.30. The van der Waals surface area contributed by atoms with Gasteiger partial charge in [0.05, 0.1) is 29.6 Å². The van der Waals surface area contributed by atoms with Crippen molar-refractivity contribution in [1.82, 2.24) is 33.8 Å². The van der Waals surface area contributed by atoms with E-state index < -0.39 is 0 Å². The van der Waals surface area contributed by atoms with Gasteiger partial charge in [0.1, 0.15) is 12.1 Å². The van der Waals surface area contributed by atoms with Gasteiger partial charge in [-0.15, -0.1) is 6.58 Å². The van der Waals surface area contributed by atoms with Crippen LogP contribution in [0.15, 0.2) is 72.4 Å². The van der Waals surface area contributed by atoms with Crippen molar-refractivity contribution < 1.29 is 4.39 Å². The van der Waals surface area contributed by atoms with Crippen molar-refractivity contribution in [3.05, 3.63) is 78.0 Å². The second-order valence-corrected chi connectivity index (χ2v) is 11.3. The molecular weight excluding hydrogens is 557 g/mol. The lowest BCUT2D eigenvalue weighted by Crippen LogP contribution is -2.41. The Morgan fingerprint density at radius 1 is 1.16 bits per heavy atom. The molecule has 1 aliphatic rings. The van der Waals surface area contributed by atoms with E-state index in [9.17, 15) is 9.18 Å². The molecule has 0 radical (unpaired) electrons. The van der Waals surface area contributed by atoms with E-state index in [1.165, 1.54) is 6.42 Å². The van der Waals surface area contributed by atoms with Gasteiger partial charge in [-0.3, -0.25) is 4.79 Å². The molecule has 4 heterocycles. The number of hydrogen-bond donors (Lipinski definition) is 1. The van der Waals surface area contributed by atoms with Gasteiger partial charge in [0.2, 0.25) is 5.95 Å². The molecule has 1 N–H and O–H groups in total. The predicted octanol–water partition coefficient (Wildman–Crippen LogP) is 5.39. The highest BCUT2D eigenvalue weighted by Crippen LogP contribution is 2.25. The molecule has 5 aromatic rings. The van der Waals surface area contributed by atoms with Gasteiger partial charge in [0.15, 0.2) is 5.65 Å². The lowest BCUT2D eigenvalue weighted by molar-refractivity contribution is 0.165. The minimum Gasteiger partial charge on any atom is -0.371 e. The van der Waals surface area contributed by atoms with Crippen LogP contribution >= 0.6 is 0 Å². The molecule has 2 aromatic carbocycles. The maximum atomic E-state index is 13.4. The quantitative estimate of drug-likeness (QED) is 0.193. The van der Waals surface area contributed by atoms with Crippen molar-refractivity contribution in [3.63, 3.8) is 0 Å². The van der Waals surface area contributed by atoms with Crippen LogP contribution in [0, 0.1) is 5.92 Å². The molecule has 0 spiro atoms. The third kappa shape index (κ3) is 5.84. The standard InChI is InChI=1S/C33H40FN9O/c1-4-16-42-32(44)28-20-35-33(38-31(28)43(42)27-13-14-29-30(19-27)41(6-3)23-36-29)37-25-9-11-26(12-10-25)40(5-2)22-24-8-7-17-39(21-24)18-15-34/h4,9-14,19-20,23-24H,1,5-8,15-18,21-22H2,2-3H3,(H,35,37,38). The molecule has 1 atom stereocenters. The number of piperidine rings is 1. The zero-order valence-corrected chi connectivity index (χ0v) is 25.5. The lowest BCUT2D eigenvalue weighted by Gasteiger charge is -2.35. The van der Waals surface area contributed by atoms with Crippen LogP contribution in [0.5, 0.6) is 0 Å². The number of fused-ring (bicyclic) bond motifs is 2. The molecule has 6 rings (SSSR count). The Labute approximate surface area is 256 Å². The summed E-state index contributed by atoms with van der Waals surface area (Å²) in [6.45, 7) is 13.3. The minimum absolute atomic E-state index is 0.176. The Morgan fingerprint density at radius 2 is 2.00 bits per heavy atom. The van der Waals surface area contributed by atoms with Gasteiger partial charge in [0.25, 0.3) is 5.56 Å². The van der Waals surface area contributed by atoms with E-state index in [1.54, 1.807) is 17.0 Å². The SMILES string of the molecule is C=CCn1c(=O)c2cnc(Nc3ccc(N(CC)CC4CCCN(CCF)C4)cc3)nc2n1-c1ccc2ncn(CC)c2c1. The van der Waals surface area contributed by atoms with Crippen LogP contribution in [0.2, 0.25) is 0 Å². The Bertz CT molecular complexity index is 1800. The molecule has 44 heavy (non-hydrogen) atoms. The summed E-state index contributed by atoms with van der Waals surface area (Å²) in [7, 11) is 0. The number of anilines is 3. The predicted molar refractivity (Wildman–Crippen MR) is 175 cm³/mol. The molecule has 0 amide bonds.